The number of hydrogen-bond acceptors (Lipinski definition) is 1. The Hall–Kier alpha value is -2.32. The lowest BCUT2D eigenvalue weighted by atomic mass is 10.2. The Bertz CT molecular complexity index is 704. The molecule has 3 rings (SSSR count). The Morgan fingerprint density at radius 2 is 0.913 bits per heavy atom. The fourth-order valence-corrected chi connectivity index (χ4v) is 3.88. The lowest BCUT2D eigenvalue weighted by Gasteiger charge is -2.26. The summed E-state index contributed by atoms with van der Waals surface area (Å²) >= 11 is 0. The average molecular weight is 318 g/mol. The minimum Gasteiger partial charge on any atom is -0.311 e. The van der Waals surface area contributed by atoms with E-state index in [9.17, 15) is 0 Å². The fourth-order valence-electron chi connectivity index (χ4n) is 2.71. The first kappa shape index (κ1) is 15.6. The maximum atomic E-state index is 2.38. The zero-order valence-electron chi connectivity index (χ0n) is 14.0. The largest absolute Gasteiger partial charge is 0.311 e. The summed E-state index contributed by atoms with van der Waals surface area (Å²) < 4.78 is 0. The Balaban J connectivity index is 2.06. The van der Waals surface area contributed by atoms with Gasteiger partial charge in [0.2, 0.25) is 0 Å². The first-order chi connectivity index (χ1) is 11.1. The van der Waals surface area contributed by atoms with Gasteiger partial charge in [0.25, 0.3) is 0 Å². The van der Waals surface area contributed by atoms with Crippen LogP contribution in [0.2, 0.25) is 19.6 Å². The highest BCUT2D eigenvalue weighted by Crippen LogP contribution is 2.33. The highest BCUT2D eigenvalue weighted by Gasteiger charge is 2.17. The van der Waals surface area contributed by atoms with Crippen molar-refractivity contribution in [2.24, 2.45) is 0 Å². The van der Waals surface area contributed by atoms with E-state index in [1.165, 1.54) is 22.2 Å². The number of anilines is 3. The predicted octanol–water partition coefficient (Wildman–Crippen LogP) is 5.70. The Morgan fingerprint density at radius 3 is 1.30 bits per heavy atom. The monoisotopic (exact) mass is 317 g/mol. The van der Waals surface area contributed by atoms with Crippen molar-refractivity contribution < 1.29 is 0 Å². The zero-order valence-corrected chi connectivity index (χ0v) is 15.0. The summed E-state index contributed by atoms with van der Waals surface area (Å²) in [6.45, 7) is 7.15. The fraction of sp³-hybridized carbons (Fsp3) is 0.143. The van der Waals surface area contributed by atoms with Gasteiger partial charge >= 0.3 is 0 Å². The standard InChI is InChI=1S/C21H23NSi/c1-23(2,3)21-16-14-20(15-17-21)22(18-10-6-4-7-11-18)19-12-8-5-9-13-19/h4-17H,1-3H3. The number of para-hydroxylation sites is 2. The summed E-state index contributed by atoms with van der Waals surface area (Å²) in [6, 6.07) is 30.1. The summed E-state index contributed by atoms with van der Waals surface area (Å²) in [4.78, 5) is 2.30. The van der Waals surface area contributed by atoms with Gasteiger partial charge in [-0.05, 0) is 36.4 Å². The van der Waals surface area contributed by atoms with Crippen LogP contribution >= 0.6 is 0 Å². The van der Waals surface area contributed by atoms with Gasteiger partial charge in [0, 0.05) is 17.1 Å². The minimum atomic E-state index is -1.27. The van der Waals surface area contributed by atoms with Crippen molar-refractivity contribution in [1.29, 1.82) is 0 Å². The SMILES string of the molecule is C[Si](C)(C)c1ccc(N(c2ccccc2)c2ccccc2)cc1. The molecule has 0 bridgehead atoms. The second kappa shape index (κ2) is 6.43. The van der Waals surface area contributed by atoms with Crippen LogP contribution in [-0.4, -0.2) is 8.07 Å². The molecular formula is C21H23NSi. The van der Waals surface area contributed by atoms with E-state index in [4.69, 9.17) is 0 Å². The molecule has 0 amide bonds. The topological polar surface area (TPSA) is 3.24 Å². The molecule has 0 aromatic heterocycles. The van der Waals surface area contributed by atoms with Gasteiger partial charge in [0.15, 0.2) is 0 Å². The van der Waals surface area contributed by atoms with Crippen LogP contribution < -0.4 is 10.1 Å². The van der Waals surface area contributed by atoms with E-state index in [1.54, 1.807) is 0 Å². The third-order valence-corrected chi connectivity index (χ3v) is 6.09. The van der Waals surface area contributed by atoms with Gasteiger partial charge in [0.05, 0.1) is 8.07 Å². The van der Waals surface area contributed by atoms with E-state index in [2.05, 4.69) is 109 Å². The lowest BCUT2D eigenvalue weighted by molar-refractivity contribution is 1.28. The van der Waals surface area contributed by atoms with Crippen LogP contribution in [0.15, 0.2) is 84.9 Å². The molecule has 116 valence electrons. The van der Waals surface area contributed by atoms with E-state index in [1.807, 2.05) is 0 Å². The van der Waals surface area contributed by atoms with Gasteiger partial charge < -0.3 is 4.90 Å². The molecule has 0 aliphatic rings. The van der Waals surface area contributed by atoms with E-state index < -0.39 is 8.07 Å². The molecule has 23 heavy (non-hydrogen) atoms. The molecule has 0 unspecified atom stereocenters. The van der Waals surface area contributed by atoms with Gasteiger partial charge in [-0.25, -0.2) is 0 Å². The molecule has 3 aromatic carbocycles. The summed E-state index contributed by atoms with van der Waals surface area (Å²) in [5, 5.41) is 1.49. The summed E-state index contributed by atoms with van der Waals surface area (Å²) in [6.07, 6.45) is 0. The minimum absolute atomic E-state index is 1.18. The maximum Gasteiger partial charge on any atom is 0.0775 e. The van der Waals surface area contributed by atoms with Crippen molar-refractivity contribution in [3.05, 3.63) is 84.9 Å². The summed E-state index contributed by atoms with van der Waals surface area (Å²) in [7, 11) is -1.27. The van der Waals surface area contributed by atoms with Crippen LogP contribution in [0.5, 0.6) is 0 Å². The third kappa shape index (κ3) is 3.54. The van der Waals surface area contributed by atoms with Gasteiger partial charge in [-0.2, -0.15) is 0 Å². The molecule has 0 saturated heterocycles. The molecular weight excluding hydrogens is 294 g/mol. The molecule has 0 atom stereocenters. The molecule has 0 saturated carbocycles. The third-order valence-electron chi connectivity index (χ3n) is 4.02. The molecule has 0 spiro atoms. The van der Waals surface area contributed by atoms with Crippen LogP contribution in [0.25, 0.3) is 0 Å². The van der Waals surface area contributed by atoms with Crippen LogP contribution in [-0.2, 0) is 0 Å². The normalized spacial score (nSPS) is 11.3. The van der Waals surface area contributed by atoms with Crippen molar-refractivity contribution in [2.75, 3.05) is 4.90 Å². The van der Waals surface area contributed by atoms with Gasteiger partial charge in [-0.1, -0.05) is 73.4 Å². The second-order valence-corrected chi connectivity index (χ2v) is 11.9. The molecule has 1 nitrogen and oxygen atoms in total. The van der Waals surface area contributed by atoms with Crippen LogP contribution in [0.3, 0.4) is 0 Å². The lowest BCUT2D eigenvalue weighted by Crippen LogP contribution is -2.37. The number of hydrogen-bond donors (Lipinski definition) is 0. The number of rotatable bonds is 4. The van der Waals surface area contributed by atoms with Crippen molar-refractivity contribution in [2.45, 2.75) is 19.6 Å². The molecule has 0 heterocycles. The predicted molar refractivity (Wildman–Crippen MR) is 104 cm³/mol. The Morgan fingerprint density at radius 1 is 0.522 bits per heavy atom. The average Bonchev–Trinajstić information content (AvgIpc) is 2.57. The van der Waals surface area contributed by atoms with E-state index in [0.717, 1.165) is 0 Å². The second-order valence-electron chi connectivity index (χ2n) is 6.80. The number of benzene rings is 3. The number of nitrogens with zero attached hydrogens (tertiary/aromatic N) is 1. The molecule has 3 aromatic rings. The van der Waals surface area contributed by atoms with Gasteiger partial charge in [-0.15, -0.1) is 0 Å². The zero-order chi connectivity index (χ0) is 16.3. The van der Waals surface area contributed by atoms with Crippen molar-refractivity contribution in [3.8, 4) is 0 Å². The van der Waals surface area contributed by atoms with Gasteiger partial charge in [-0.3, -0.25) is 0 Å². The van der Waals surface area contributed by atoms with Crippen LogP contribution in [0, 0.1) is 0 Å². The van der Waals surface area contributed by atoms with Crippen molar-refractivity contribution in [1.82, 2.24) is 0 Å². The Labute approximate surface area is 140 Å². The smallest absolute Gasteiger partial charge is 0.0775 e. The van der Waals surface area contributed by atoms with Crippen LogP contribution in [0.1, 0.15) is 0 Å². The quantitative estimate of drug-likeness (QED) is 0.558. The molecule has 0 N–H and O–H groups in total. The van der Waals surface area contributed by atoms with Crippen molar-refractivity contribution >= 4 is 30.3 Å². The van der Waals surface area contributed by atoms with E-state index in [0.29, 0.717) is 0 Å². The maximum absolute atomic E-state index is 2.38. The highest BCUT2D eigenvalue weighted by atomic mass is 28.3. The van der Waals surface area contributed by atoms with Crippen LogP contribution in [0.4, 0.5) is 17.1 Å². The molecule has 0 fully saturated rings. The first-order valence-electron chi connectivity index (χ1n) is 8.06. The molecule has 2 heteroatoms. The summed E-state index contributed by atoms with van der Waals surface area (Å²) in [5.74, 6) is 0. The summed E-state index contributed by atoms with van der Waals surface area (Å²) in [5.41, 5.74) is 3.56. The van der Waals surface area contributed by atoms with E-state index in [-0.39, 0.29) is 0 Å². The Kier molecular flexibility index (Phi) is 4.35. The van der Waals surface area contributed by atoms with Crippen molar-refractivity contribution in [3.63, 3.8) is 0 Å². The molecule has 0 radical (unpaired) electrons. The van der Waals surface area contributed by atoms with Gasteiger partial charge in [0.1, 0.15) is 0 Å². The van der Waals surface area contributed by atoms with E-state index >= 15 is 0 Å². The highest BCUT2D eigenvalue weighted by molar-refractivity contribution is 6.88. The first-order valence-corrected chi connectivity index (χ1v) is 11.6. The molecule has 0 aliphatic carbocycles. The molecule has 0 aliphatic heterocycles.